The first-order chi connectivity index (χ1) is 11.5. The van der Waals surface area contributed by atoms with E-state index in [1.165, 1.54) is 0 Å². The van der Waals surface area contributed by atoms with Gasteiger partial charge in [0.1, 0.15) is 6.07 Å². The van der Waals surface area contributed by atoms with E-state index >= 15 is 0 Å². The summed E-state index contributed by atoms with van der Waals surface area (Å²) in [4.78, 5) is 18.5. The number of para-hydroxylation sites is 1. The van der Waals surface area contributed by atoms with Gasteiger partial charge in [0.25, 0.3) is 0 Å². The molecular formula is C19H22N4O. The topological polar surface area (TPSA) is 69.0 Å². The number of rotatable bonds is 5. The number of carbonyl (C=O) groups excluding carboxylic acids is 1. The third-order valence-electron chi connectivity index (χ3n) is 3.88. The summed E-state index contributed by atoms with van der Waals surface area (Å²) >= 11 is 0. The van der Waals surface area contributed by atoms with E-state index in [1.54, 1.807) is 18.9 Å². The Balaban J connectivity index is 2.17. The molecule has 0 atom stereocenters. The molecule has 0 aliphatic carbocycles. The molecule has 1 heterocycles. The summed E-state index contributed by atoms with van der Waals surface area (Å²) in [5.41, 5.74) is 4.66. The SMILES string of the molecule is CCc1ccccc1NC(=O)CN(C)c1cc(C)nc(C)c1C#N. The smallest absolute Gasteiger partial charge is 0.243 e. The molecular weight excluding hydrogens is 300 g/mol. The highest BCUT2D eigenvalue weighted by Crippen LogP contribution is 2.22. The van der Waals surface area contributed by atoms with Crippen LogP contribution in [0.1, 0.15) is 29.4 Å². The summed E-state index contributed by atoms with van der Waals surface area (Å²) in [5, 5.41) is 12.3. The molecule has 0 bridgehead atoms. The van der Waals surface area contributed by atoms with Crippen LogP contribution in [0.5, 0.6) is 0 Å². The van der Waals surface area contributed by atoms with Gasteiger partial charge in [0, 0.05) is 18.4 Å². The molecule has 1 aromatic carbocycles. The molecule has 2 aromatic rings. The Morgan fingerprint density at radius 3 is 2.71 bits per heavy atom. The fourth-order valence-corrected chi connectivity index (χ4v) is 2.69. The van der Waals surface area contributed by atoms with Crippen LogP contribution in [0.3, 0.4) is 0 Å². The van der Waals surface area contributed by atoms with E-state index < -0.39 is 0 Å². The van der Waals surface area contributed by atoms with Gasteiger partial charge in [-0.15, -0.1) is 0 Å². The minimum absolute atomic E-state index is 0.116. The van der Waals surface area contributed by atoms with Crippen molar-refractivity contribution in [3.63, 3.8) is 0 Å². The lowest BCUT2D eigenvalue weighted by molar-refractivity contribution is -0.114. The lowest BCUT2D eigenvalue weighted by Gasteiger charge is -2.21. The average molecular weight is 322 g/mol. The number of amides is 1. The van der Waals surface area contributed by atoms with E-state index in [9.17, 15) is 10.1 Å². The van der Waals surface area contributed by atoms with Crippen molar-refractivity contribution in [1.29, 1.82) is 5.26 Å². The molecule has 1 aromatic heterocycles. The first-order valence-corrected chi connectivity index (χ1v) is 7.93. The van der Waals surface area contributed by atoms with Crippen LogP contribution < -0.4 is 10.2 Å². The molecule has 5 heteroatoms. The van der Waals surface area contributed by atoms with Crippen molar-refractivity contribution in [2.45, 2.75) is 27.2 Å². The van der Waals surface area contributed by atoms with Crippen LogP contribution in [0.15, 0.2) is 30.3 Å². The summed E-state index contributed by atoms with van der Waals surface area (Å²) in [6.07, 6.45) is 0.855. The molecule has 0 spiro atoms. The second-order valence-electron chi connectivity index (χ2n) is 5.77. The van der Waals surface area contributed by atoms with Gasteiger partial charge in [-0.25, -0.2) is 0 Å². The van der Waals surface area contributed by atoms with E-state index in [-0.39, 0.29) is 12.5 Å². The molecule has 0 radical (unpaired) electrons. The number of benzene rings is 1. The van der Waals surface area contributed by atoms with Gasteiger partial charge in [-0.05, 0) is 38.0 Å². The molecule has 124 valence electrons. The molecule has 0 saturated carbocycles. The van der Waals surface area contributed by atoms with Crippen LogP contribution >= 0.6 is 0 Å². The normalized spacial score (nSPS) is 10.1. The van der Waals surface area contributed by atoms with E-state index in [4.69, 9.17) is 0 Å². The number of nitriles is 1. The Morgan fingerprint density at radius 2 is 2.04 bits per heavy atom. The second kappa shape index (κ2) is 7.60. The minimum atomic E-state index is -0.116. The number of anilines is 2. The van der Waals surface area contributed by atoms with E-state index in [2.05, 4.69) is 23.3 Å². The van der Waals surface area contributed by atoms with Gasteiger partial charge in [0.05, 0.1) is 23.5 Å². The van der Waals surface area contributed by atoms with Crippen molar-refractivity contribution in [3.05, 3.63) is 52.8 Å². The minimum Gasteiger partial charge on any atom is -0.364 e. The molecule has 0 aliphatic heterocycles. The fraction of sp³-hybridized carbons (Fsp3) is 0.316. The van der Waals surface area contributed by atoms with Gasteiger partial charge in [0.2, 0.25) is 5.91 Å². The number of aryl methyl sites for hydroxylation is 3. The van der Waals surface area contributed by atoms with E-state index in [0.29, 0.717) is 11.3 Å². The molecule has 5 nitrogen and oxygen atoms in total. The molecule has 0 unspecified atom stereocenters. The summed E-state index contributed by atoms with van der Waals surface area (Å²) in [6, 6.07) is 11.8. The molecule has 0 fully saturated rings. The maximum absolute atomic E-state index is 12.4. The predicted octanol–water partition coefficient (Wildman–Crippen LogP) is 3.21. The highest BCUT2D eigenvalue weighted by atomic mass is 16.2. The van der Waals surface area contributed by atoms with Gasteiger partial charge < -0.3 is 10.2 Å². The number of likely N-dealkylation sites (N-methyl/N-ethyl adjacent to an activating group) is 1. The average Bonchev–Trinajstić information content (AvgIpc) is 2.54. The number of nitrogens with one attached hydrogen (secondary N) is 1. The summed E-state index contributed by atoms with van der Waals surface area (Å²) < 4.78 is 0. The Kier molecular flexibility index (Phi) is 5.54. The van der Waals surface area contributed by atoms with Crippen LogP contribution in [-0.2, 0) is 11.2 Å². The Morgan fingerprint density at radius 1 is 1.33 bits per heavy atom. The van der Waals surface area contributed by atoms with Crippen LogP contribution in [0, 0.1) is 25.2 Å². The lowest BCUT2D eigenvalue weighted by atomic mass is 10.1. The zero-order chi connectivity index (χ0) is 17.7. The van der Waals surface area contributed by atoms with Gasteiger partial charge >= 0.3 is 0 Å². The standard InChI is InChI=1S/C19H22N4O/c1-5-15-8-6-7-9-17(15)22-19(24)12-23(4)18-10-13(2)21-14(3)16(18)11-20/h6-10H,5,12H2,1-4H3,(H,22,24). The second-order valence-corrected chi connectivity index (χ2v) is 5.77. The first kappa shape index (κ1) is 17.5. The molecule has 1 N–H and O–H groups in total. The fourth-order valence-electron chi connectivity index (χ4n) is 2.69. The molecule has 24 heavy (non-hydrogen) atoms. The Bertz CT molecular complexity index is 792. The Labute approximate surface area is 142 Å². The number of carbonyl (C=O) groups is 1. The van der Waals surface area contributed by atoms with Crippen molar-refractivity contribution in [1.82, 2.24) is 4.98 Å². The number of pyridine rings is 1. The number of nitrogens with zero attached hydrogens (tertiary/aromatic N) is 3. The van der Waals surface area contributed by atoms with Gasteiger partial charge in [-0.2, -0.15) is 5.26 Å². The predicted molar refractivity (Wildman–Crippen MR) is 96.1 cm³/mol. The zero-order valence-electron chi connectivity index (χ0n) is 14.6. The van der Waals surface area contributed by atoms with Crippen molar-refractivity contribution in [2.75, 3.05) is 23.8 Å². The number of aromatic nitrogens is 1. The number of hydrogen-bond acceptors (Lipinski definition) is 4. The third-order valence-corrected chi connectivity index (χ3v) is 3.88. The van der Waals surface area contributed by atoms with Gasteiger partial charge in [-0.3, -0.25) is 9.78 Å². The van der Waals surface area contributed by atoms with Crippen molar-refractivity contribution >= 4 is 17.3 Å². The molecule has 0 aliphatic rings. The quantitative estimate of drug-likeness (QED) is 0.918. The van der Waals surface area contributed by atoms with Gasteiger partial charge in [-0.1, -0.05) is 25.1 Å². The van der Waals surface area contributed by atoms with Crippen LogP contribution in [0.25, 0.3) is 0 Å². The highest BCUT2D eigenvalue weighted by Gasteiger charge is 2.15. The maximum Gasteiger partial charge on any atom is 0.243 e. The van der Waals surface area contributed by atoms with Crippen LogP contribution in [0.2, 0.25) is 0 Å². The van der Waals surface area contributed by atoms with Crippen molar-refractivity contribution < 1.29 is 4.79 Å². The highest BCUT2D eigenvalue weighted by molar-refractivity contribution is 5.94. The largest absolute Gasteiger partial charge is 0.364 e. The van der Waals surface area contributed by atoms with E-state index in [0.717, 1.165) is 29.1 Å². The van der Waals surface area contributed by atoms with Crippen LogP contribution in [-0.4, -0.2) is 24.5 Å². The monoisotopic (exact) mass is 322 g/mol. The summed E-state index contributed by atoms with van der Waals surface area (Å²) in [7, 11) is 1.81. The Hall–Kier alpha value is -2.87. The van der Waals surface area contributed by atoms with Gasteiger partial charge in [0.15, 0.2) is 0 Å². The summed E-state index contributed by atoms with van der Waals surface area (Å²) in [6.45, 7) is 5.90. The zero-order valence-corrected chi connectivity index (χ0v) is 14.6. The van der Waals surface area contributed by atoms with Crippen LogP contribution in [0.4, 0.5) is 11.4 Å². The van der Waals surface area contributed by atoms with Crippen molar-refractivity contribution in [2.24, 2.45) is 0 Å². The first-order valence-electron chi connectivity index (χ1n) is 7.93. The van der Waals surface area contributed by atoms with Crippen molar-refractivity contribution in [3.8, 4) is 6.07 Å². The molecule has 2 rings (SSSR count). The summed E-state index contributed by atoms with van der Waals surface area (Å²) in [5.74, 6) is -0.116. The maximum atomic E-state index is 12.4. The number of hydrogen-bond donors (Lipinski definition) is 1. The molecule has 1 amide bonds. The molecule has 0 saturated heterocycles. The van der Waals surface area contributed by atoms with E-state index in [1.807, 2.05) is 37.3 Å². The third kappa shape index (κ3) is 3.90. The lowest BCUT2D eigenvalue weighted by Crippen LogP contribution is -2.31.